The van der Waals surface area contributed by atoms with Gasteiger partial charge in [-0.25, -0.2) is 4.98 Å². The van der Waals surface area contributed by atoms with Crippen molar-refractivity contribution in [2.45, 2.75) is 0 Å². The molecule has 0 aromatic carbocycles. The van der Waals surface area contributed by atoms with E-state index in [4.69, 9.17) is 0 Å². The third-order valence-corrected chi connectivity index (χ3v) is 2.88. The number of carbonyl (C=O) groups excluding carboxylic acids is 4. The van der Waals surface area contributed by atoms with Crippen LogP contribution in [-0.2, 0) is 38.8 Å². The van der Waals surface area contributed by atoms with E-state index in [-0.39, 0.29) is 20.9 Å². The maximum absolute atomic E-state index is 9.88. The van der Waals surface area contributed by atoms with E-state index in [1.807, 2.05) is 17.8 Å². The van der Waals surface area contributed by atoms with Crippen LogP contribution in [0.2, 0.25) is 0 Å². The molecule has 0 amide bonds. The topological polar surface area (TPSA) is 86.1 Å². The molecule has 0 fully saturated rings. The second kappa shape index (κ2) is 6.79. The van der Waals surface area contributed by atoms with E-state index in [0.29, 0.717) is 0 Å². The van der Waals surface area contributed by atoms with Crippen molar-refractivity contribution in [2.75, 3.05) is 0 Å². The summed E-state index contributed by atoms with van der Waals surface area (Å²) in [6, 6.07) is 0. The van der Waals surface area contributed by atoms with Gasteiger partial charge in [-0.1, -0.05) is 0 Å². The minimum absolute atomic E-state index is 0.109. The molecule has 0 spiro atoms. The monoisotopic (exact) mass is 257 g/mol. The molecule has 0 aliphatic heterocycles. The zero-order valence-electron chi connectivity index (χ0n) is 7.90. The first-order valence-electron chi connectivity index (χ1n) is 3.53. The first-order chi connectivity index (χ1) is 7.14. The van der Waals surface area contributed by atoms with E-state index in [1.165, 1.54) is 0 Å². The molecule has 1 aromatic heterocycles. The van der Waals surface area contributed by atoms with Crippen LogP contribution in [0.3, 0.4) is 0 Å². The normalized spacial score (nSPS) is 10.5. The zero-order valence-corrected chi connectivity index (χ0v) is 8.94. The Bertz CT molecular complexity index is 299. The second-order valence-corrected chi connectivity index (χ2v) is 5.27. The third-order valence-electron chi connectivity index (χ3n) is 1.18. The average molecular weight is 257 g/mol. The van der Waals surface area contributed by atoms with Crippen molar-refractivity contribution in [2.24, 2.45) is 7.05 Å². The molecular formula is C8H10CoN2O4. The summed E-state index contributed by atoms with van der Waals surface area (Å²) < 4.78 is 1.89. The van der Waals surface area contributed by atoms with Gasteiger partial charge in [0.05, 0.1) is 6.33 Å². The number of aryl methyl sites for hydroxylation is 1. The van der Waals surface area contributed by atoms with Crippen molar-refractivity contribution in [3.05, 3.63) is 18.7 Å². The van der Waals surface area contributed by atoms with Gasteiger partial charge in [0, 0.05) is 19.4 Å². The van der Waals surface area contributed by atoms with Crippen molar-refractivity contribution in [3.63, 3.8) is 0 Å². The van der Waals surface area contributed by atoms with E-state index in [1.54, 1.807) is 12.5 Å². The molecule has 6 nitrogen and oxygen atoms in total. The van der Waals surface area contributed by atoms with E-state index >= 15 is 0 Å². The Morgan fingerprint density at radius 2 is 1.53 bits per heavy atom. The molecule has 0 aliphatic carbocycles. The van der Waals surface area contributed by atoms with Crippen molar-refractivity contribution in [1.82, 2.24) is 9.55 Å². The fourth-order valence-corrected chi connectivity index (χ4v) is 0.784. The molecule has 0 unspecified atom stereocenters. The van der Waals surface area contributed by atoms with Crippen LogP contribution in [0.1, 0.15) is 0 Å². The molecule has 0 bridgehead atoms. The van der Waals surface area contributed by atoms with Crippen LogP contribution in [0.25, 0.3) is 0 Å². The van der Waals surface area contributed by atoms with Crippen molar-refractivity contribution in [1.29, 1.82) is 0 Å². The van der Waals surface area contributed by atoms with Crippen LogP contribution in [0.15, 0.2) is 18.7 Å². The van der Waals surface area contributed by atoms with Gasteiger partial charge in [0.2, 0.25) is 0 Å². The number of rotatable bonds is 4. The van der Waals surface area contributed by atoms with Crippen molar-refractivity contribution in [3.8, 4) is 0 Å². The van der Waals surface area contributed by atoms with E-state index in [9.17, 15) is 19.2 Å². The molecule has 0 N–H and O–H groups in total. The predicted octanol–water partition coefficient (Wildman–Crippen LogP) is -0.679. The van der Waals surface area contributed by atoms with Gasteiger partial charge in [-0.05, 0) is 0 Å². The van der Waals surface area contributed by atoms with Gasteiger partial charge < -0.3 is 4.57 Å². The average Bonchev–Trinajstić information content (AvgIpc) is 2.74. The quantitative estimate of drug-likeness (QED) is 0.667. The Hall–Kier alpha value is -1.60. The number of hydrogen-bond donors (Lipinski definition) is 0. The SMILES string of the molecule is Cn1ccnc1.O=[CH][Co]([CH]=O)([CH]=O)[CH]=O. The van der Waals surface area contributed by atoms with E-state index in [0.717, 1.165) is 0 Å². The number of hydrogen-bond acceptors (Lipinski definition) is 5. The van der Waals surface area contributed by atoms with Gasteiger partial charge in [0.1, 0.15) is 0 Å². The standard InChI is InChI=1S/C4H6N2.4CHO.Co/c1-6-3-2-5-4-6;4*1-2;/h2-4H,1H3;4*1H;. The summed E-state index contributed by atoms with van der Waals surface area (Å²) in [6.07, 6.45) is 5.39. The molecule has 0 saturated carbocycles. The summed E-state index contributed by atoms with van der Waals surface area (Å²) >= 11 is -3.12. The molecule has 1 heterocycles. The Balaban J connectivity index is 0.000000280. The van der Waals surface area contributed by atoms with E-state index < -0.39 is 12.6 Å². The van der Waals surface area contributed by atoms with Crippen molar-refractivity contribution < 1.29 is 31.8 Å². The van der Waals surface area contributed by atoms with Crippen molar-refractivity contribution >= 4 is 20.9 Å². The fourth-order valence-electron chi connectivity index (χ4n) is 0.437. The second-order valence-electron chi connectivity index (χ2n) is 2.21. The minimum atomic E-state index is -3.12. The molecule has 7 heteroatoms. The molecule has 0 radical (unpaired) electrons. The molecule has 85 valence electrons. The Morgan fingerprint density at radius 1 is 1.07 bits per heavy atom. The zero-order chi connectivity index (χ0) is 11.7. The summed E-state index contributed by atoms with van der Waals surface area (Å²) in [6.45, 7) is 0. The predicted molar refractivity (Wildman–Crippen MR) is 50.2 cm³/mol. The summed E-state index contributed by atoms with van der Waals surface area (Å²) in [4.78, 5) is 43.3. The van der Waals surface area contributed by atoms with Crippen LogP contribution in [0.4, 0.5) is 0 Å². The van der Waals surface area contributed by atoms with Crippen LogP contribution in [-0.4, -0.2) is 30.4 Å². The van der Waals surface area contributed by atoms with E-state index in [2.05, 4.69) is 4.98 Å². The van der Waals surface area contributed by atoms with Gasteiger partial charge >= 0.3 is 52.7 Å². The number of aromatic nitrogens is 2. The molecule has 0 saturated heterocycles. The molecule has 1 aromatic rings. The number of nitrogens with zero attached hydrogens (tertiary/aromatic N) is 2. The maximum atomic E-state index is 9.88. The molecule has 0 aliphatic rings. The van der Waals surface area contributed by atoms with Gasteiger partial charge in [-0.2, -0.15) is 0 Å². The molecule has 1 rings (SSSR count). The Morgan fingerprint density at radius 3 is 1.60 bits per heavy atom. The Kier molecular flexibility index (Phi) is 6.07. The van der Waals surface area contributed by atoms with Gasteiger partial charge in [0.25, 0.3) is 0 Å². The van der Waals surface area contributed by atoms with Crippen LogP contribution in [0, 0.1) is 0 Å². The molecular weight excluding hydrogens is 247 g/mol. The van der Waals surface area contributed by atoms with Gasteiger partial charge in [-0.15, -0.1) is 0 Å². The first-order valence-corrected chi connectivity index (χ1v) is 5.93. The van der Waals surface area contributed by atoms with Crippen LogP contribution < -0.4 is 0 Å². The summed E-state index contributed by atoms with van der Waals surface area (Å²) in [5.74, 6) is 0. The molecule has 0 atom stereocenters. The fraction of sp³-hybridized carbons (Fsp3) is 0.125. The summed E-state index contributed by atoms with van der Waals surface area (Å²) in [7, 11) is 1.94. The van der Waals surface area contributed by atoms with Crippen LogP contribution in [0.5, 0.6) is 0 Å². The first kappa shape index (κ1) is 13.4. The third kappa shape index (κ3) is 4.43. The molecule has 15 heavy (non-hydrogen) atoms. The van der Waals surface area contributed by atoms with Crippen LogP contribution >= 0.6 is 0 Å². The van der Waals surface area contributed by atoms with Gasteiger partial charge in [0.15, 0.2) is 0 Å². The number of carbonyl (C=O) groups is 4. The summed E-state index contributed by atoms with van der Waals surface area (Å²) in [5.41, 5.74) is 0. The van der Waals surface area contributed by atoms with Gasteiger partial charge in [-0.3, -0.25) is 0 Å². The summed E-state index contributed by atoms with van der Waals surface area (Å²) in [5, 5.41) is 0.438. The number of imidazole rings is 1. The Labute approximate surface area is 88.4 Å².